The Kier molecular flexibility index (Phi) is 3.52. The van der Waals surface area contributed by atoms with Crippen molar-refractivity contribution >= 4 is 20.8 Å². The summed E-state index contributed by atoms with van der Waals surface area (Å²) in [5, 5.41) is 7.54. The highest BCUT2D eigenvalue weighted by Gasteiger charge is 2.24. The van der Waals surface area contributed by atoms with Crippen molar-refractivity contribution in [3.8, 4) is 0 Å². The molecular formula is C16H19NO2S. The maximum Gasteiger partial charge on any atom is 0.238 e. The topological polar surface area (TPSA) is 60.2 Å². The van der Waals surface area contributed by atoms with E-state index in [1.807, 2.05) is 30.3 Å². The Morgan fingerprint density at radius 3 is 2.35 bits per heavy atom. The first-order valence-corrected chi connectivity index (χ1v) is 8.66. The fraction of sp³-hybridized carbons (Fsp3) is 0.375. The van der Waals surface area contributed by atoms with Crippen molar-refractivity contribution in [1.82, 2.24) is 0 Å². The second kappa shape index (κ2) is 5.19. The van der Waals surface area contributed by atoms with Gasteiger partial charge in [-0.1, -0.05) is 49.6 Å². The molecular weight excluding hydrogens is 270 g/mol. The van der Waals surface area contributed by atoms with E-state index in [-0.39, 0.29) is 0 Å². The molecule has 0 unspecified atom stereocenters. The van der Waals surface area contributed by atoms with Gasteiger partial charge >= 0.3 is 0 Å². The lowest BCUT2D eigenvalue weighted by Gasteiger charge is -2.25. The van der Waals surface area contributed by atoms with E-state index in [9.17, 15) is 8.42 Å². The van der Waals surface area contributed by atoms with Crippen LogP contribution in [0.1, 0.15) is 43.6 Å². The smallest absolute Gasteiger partial charge is 0.225 e. The van der Waals surface area contributed by atoms with E-state index in [4.69, 9.17) is 5.14 Å². The number of fused-ring (bicyclic) bond motifs is 1. The molecule has 2 aromatic rings. The fourth-order valence-corrected chi connectivity index (χ4v) is 4.18. The third-order valence-electron chi connectivity index (χ3n) is 4.25. The van der Waals surface area contributed by atoms with Gasteiger partial charge in [-0.15, -0.1) is 0 Å². The monoisotopic (exact) mass is 289 g/mol. The van der Waals surface area contributed by atoms with Gasteiger partial charge in [0.25, 0.3) is 0 Å². The van der Waals surface area contributed by atoms with Crippen LogP contribution >= 0.6 is 0 Å². The van der Waals surface area contributed by atoms with Crippen molar-refractivity contribution in [3.05, 3.63) is 42.0 Å². The van der Waals surface area contributed by atoms with Crippen LogP contribution in [0.2, 0.25) is 0 Å². The first-order valence-electron chi connectivity index (χ1n) is 7.12. The van der Waals surface area contributed by atoms with E-state index in [1.54, 1.807) is 6.07 Å². The maximum absolute atomic E-state index is 11.9. The zero-order valence-electron chi connectivity index (χ0n) is 11.4. The van der Waals surface area contributed by atoms with Crippen LogP contribution in [0.25, 0.3) is 10.8 Å². The Hall–Kier alpha value is -1.39. The molecule has 106 valence electrons. The Morgan fingerprint density at radius 2 is 1.65 bits per heavy atom. The third kappa shape index (κ3) is 2.45. The van der Waals surface area contributed by atoms with Crippen LogP contribution in [0, 0.1) is 0 Å². The first-order chi connectivity index (χ1) is 9.57. The number of benzene rings is 2. The average Bonchev–Trinajstić information content (AvgIpc) is 2.46. The number of hydrogen-bond acceptors (Lipinski definition) is 2. The molecule has 20 heavy (non-hydrogen) atoms. The van der Waals surface area contributed by atoms with Crippen molar-refractivity contribution in [3.63, 3.8) is 0 Å². The van der Waals surface area contributed by atoms with Gasteiger partial charge in [-0.05, 0) is 41.2 Å². The van der Waals surface area contributed by atoms with Gasteiger partial charge in [0, 0.05) is 0 Å². The van der Waals surface area contributed by atoms with Gasteiger partial charge in [0.15, 0.2) is 0 Å². The number of primary sulfonamides is 1. The molecule has 3 nitrogen and oxygen atoms in total. The quantitative estimate of drug-likeness (QED) is 0.919. The lowest BCUT2D eigenvalue weighted by Crippen LogP contribution is -2.17. The Bertz CT molecular complexity index is 731. The normalized spacial score (nSPS) is 17.4. The molecule has 2 aromatic carbocycles. The molecule has 2 N–H and O–H groups in total. The van der Waals surface area contributed by atoms with E-state index in [2.05, 4.69) is 0 Å². The molecule has 0 aromatic heterocycles. The van der Waals surface area contributed by atoms with E-state index in [0.29, 0.717) is 10.8 Å². The third-order valence-corrected chi connectivity index (χ3v) is 5.22. The van der Waals surface area contributed by atoms with Gasteiger partial charge in [0.05, 0.1) is 4.90 Å². The van der Waals surface area contributed by atoms with E-state index in [1.165, 1.54) is 6.42 Å². The van der Waals surface area contributed by atoms with Crippen molar-refractivity contribution in [2.24, 2.45) is 5.14 Å². The zero-order valence-corrected chi connectivity index (χ0v) is 12.2. The summed E-state index contributed by atoms with van der Waals surface area (Å²) in [6, 6.07) is 11.5. The summed E-state index contributed by atoms with van der Waals surface area (Å²) in [6.07, 6.45) is 5.68. The molecule has 4 heteroatoms. The minimum atomic E-state index is -3.67. The summed E-state index contributed by atoms with van der Waals surface area (Å²) in [7, 11) is -3.67. The van der Waals surface area contributed by atoms with E-state index >= 15 is 0 Å². The van der Waals surface area contributed by atoms with Crippen LogP contribution in [0.15, 0.2) is 41.3 Å². The molecule has 0 saturated heterocycles. The lowest BCUT2D eigenvalue weighted by atomic mass is 9.82. The minimum Gasteiger partial charge on any atom is -0.225 e. The Balaban J connectivity index is 2.28. The molecule has 1 aliphatic rings. The standard InChI is InChI=1S/C16H19NO2S/c17-20(18,19)15-11-10-12-6-4-5-9-14(12)16(15)13-7-2-1-3-8-13/h4-6,9-11,13H,1-3,7-8H2,(H2,17,18,19). The number of hydrogen-bond donors (Lipinski definition) is 1. The van der Waals surface area contributed by atoms with E-state index < -0.39 is 10.0 Å². The van der Waals surface area contributed by atoms with Crippen LogP contribution < -0.4 is 5.14 Å². The summed E-state index contributed by atoms with van der Waals surface area (Å²) in [6.45, 7) is 0. The summed E-state index contributed by atoms with van der Waals surface area (Å²) >= 11 is 0. The summed E-state index contributed by atoms with van der Waals surface area (Å²) in [5.41, 5.74) is 0.935. The molecule has 0 aliphatic heterocycles. The summed E-state index contributed by atoms with van der Waals surface area (Å²) in [4.78, 5) is 0.308. The van der Waals surface area contributed by atoms with Crippen LogP contribution in [0.5, 0.6) is 0 Å². The van der Waals surface area contributed by atoms with Crippen molar-refractivity contribution < 1.29 is 8.42 Å². The van der Waals surface area contributed by atoms with Crippen LogP contribution in [0.4, 0.5) is 0 Å². The van der Waals surface area contributed by atoms with Crippen molar-refractivity contribution in [2.75, 3.05) is 0 Å². The lowest BCUT2D eigenvalue weighted by molar-refractivity contribution is 0.440. The molecule has 3 rings (SSSR count). The molecule has 0 bridgehead atoms. The van der Waals surface area contributed by atoms with Crippen LogP contribution in [-0.4, -0.2) is 8.42 Å². The number of rotatable bonds is 2. The maximum atomic E-state index is 11.9. The van der Waals surface area contributed by atoms with Crippen molar-refractivity contribution in [2.45, 2.75) is 42.9 Å². The van der Waals surface area contributed by atoms with Gasteiger partial charge in [0.1, 0.15) is 0 Å². The molecule has 0 spiro atoms. The molecule has 0 amide bonds. The Labute approximate surface area is 119 Å². The van der Waals surface area contributed by atoms with Gasteiger partial charge in [-0.25, -0.2) is 13.6 Å². The van der Waals surface area contributed by atoms with Crippen molar-refractivity contribution in [1.29, 1.82) is 0 Å². The predicted octanol–water partition coefficient (Wildman–Crippen LogP) is 3.53. The summed E-state index contributed by atoms with van der Waals surface area (Å²) in [5.74, 6) is 0.308. The highest BCUT2D eigenvalue weighted by Crippen LogP contribution is 2.39. The summed E-state index contributed by atoms with van der Waals surface area (Å²) < 4.78 is 23.8. The molecule has 0 heterocycles. The second-order valence-corrected chi connectivity index (χ2v) is 7.11. The van der Waals surface area contributed by atoms with Crippen LogP contribution in [0.3, 0.4) is 0 Å². The van der Waals surface area contributed by atoms with Gasteiger partial charge in [0.2, 0.25) is 10.0 Å². The molecule has 0 atom stereocenters. The van der Waals surface area contributed by atoms with Gasteiger partial charge < -0.3 is 0 Å². The van der Waals surface area contributed by atoms with Gasteiger partial charge in [-0.3, -0.25) is 0 Å². The highest BCUT2D eigenvalue weighted by molar-refractivity contribution is 7.89. The van der Waals surface area contributed by atoms with Gasteiger partial charge in [-0.2, -0.15) is 0 Å². The Morgan fingerprint density at radius 1 is 0.950 bits per heavy atom. The average molecular weight is 289 g/mol. The highest BCUT2D eigenvalue weighted by atomic mass is 32.2. The molecule has 0 radical (unpaired) electrons. The first kappa shape index (κ1) is 13.6. The number of nitrogens with two attached hydrogens (primary N) is 1. The number of sulfonamides is 1. The second-order valence-electron chi connectivity index (χ2n) is 5.58. The largest absolute Gasteiger partial charge is 0.238 e. The molecule has 1 fully saturated rings. The minimum absolute atomic E-state index is 0.308. The predicted molar refractivity (Wildman–Crippen MR) is 81.1 cm³/mol. The molecule has 1 saturated carbocycles. The SMILES string of the molecule is NS(=O)(=O)c1ccc2ccccc2c1C1CCCCC1. The van der Waals surface area contributed by atoms with Crippen LogP contribution in [-0.2, 0) is 10.0 Å². The zero-order chi connectivity index (χ0) is 14.2. The molecule has 1 aliphatic carbocycles. The fourth-order valence-electron chi connectivity index (χ4n) is 3.34. The van der Waals surface area contributed by atoms with E-state index in [0.717, 1.165) is 42.0 Å².